The lowest BCUT2D eigenvalue weighted by molar-refractivity contribution is 0.736. The summed E-state index contributed by atoms with van der Waals surface area (Å²) in [6, 6.07) is 4.38. The number of hydrogen-bond acceptors (Lipinski definition) is 4. The Bertz CT molecular complexity index is 646. The number of aromatic nitrogens is 1. The standard InChI is InChI=1S/C16H22N4S2.HI/c1-11-20-14(10-21-11)15-6-5-13(22-15)7-8-18-16(17-2)19-9-12-3-4-12;/h5-6,10,12H,3-4,7-9H2,1-2H3,(H2,17,18,19);1H. The van der Waals surface area contributed by atoms with Crippen LogP contribution in [-0.2, 0) is 6.42 Å². The summed E-state index contributed by atoms with van der Waals surface area (Å²) in [5, 5.41) is 10.0. The third-order valence-electron chi connectivity index (χ3n) is 3.68. The highest BCUT2D eigenvalue weighted by atomic mass is 127. The lowest BCUT2D eigenvalue weighted by atomic mass is 10.3. The van der Waals surface area contributed by atoms with E-state index in [1.807, 2.05) is 25.3 Å². The lowest BCUT2D eigenvalue weighted by Gasteiger charge is -2.10. The molecule has 2 aromatic heterocycles. The molecule has 0 atom stereocenters. The second kappa shape index (κ2) is 8.98. The molecule has 1 saturated carbocycles. The van der Waals surface area contributed by atoms with Crippen LogP contribution in [0.15, 0.2) is 22.5 Å². The van der Waals surface area contributed by atoms with Crippen molar-refractivity contribution in [2.24, 2.45) is 10.9 Å². The second-order valence-corrected chi connectivity index (χ2v) is 7.82. The number of aryl methyl sites for hydroxylation is 1. The highest BCUT2D eigenvalue weighted by Crippen LogP contribution is 2.29. The van der Waals surface area contributed by atoms with Crippen molar-refractivity contribution in [2.45, 2.75) is 26.2 Å². The summed E-state index contributed by atoms with van der Waals surface area (Å²) >= 11 is 3.54. The Kier molecular flexibility index (Phi) is 7.29. The van der Waals surface area contributed by atoms with Gasteiger partial charge in [0.2, 0.25) is 0 Å². The first-order chi connectivity index (χ1) is 10.7. The number of hydrogen-bond donors (Lipinski definition) is 2. The Balaban J connectivity index is 0.00000192. The van der Waals surface area contributed by atoms with Gasteiger partial charge in [-0.1, -0.05) is 0 Å². The summed E-state index contributed by atoms with van der Waals surface area (Å²) in [5.74, 6) is 1.78. The molecule has 0 amide bonds. The molecule has 2 aromatic rings. The molecule has 23 heavy (non-hydrogen) atoms. The molecular weight excluding hydrogens is 439 g/mol. The van der Waals surface area contributed by atoms with Crippen LogP contribution in [0.1, 0.15) is 22.7 Å². The second-order valence-electron chi connectivity index (χ2n) is 5.59. The average molecular weight is 462 g/mol. The van der Waals surface area contributed by atoms with E-state index in [9.17, 15) is 0 Å². The molecular formula is C16H23IN4S2. The number of thiazole rings is 1. The number of guanidine groups is 1. The first-order valence-electron chi connectivity index (χ1n) is 7.70. The van der Waals surface area contributed by atoms with E-state index < -0.39 is 0 Å². The molecule has 1 aliphatic carbocycles. The number of rotatable bonds is 6. The van der Waals surface area contributed by atoms with Crippen LogP contribution >= 0.6 is 46.7 Å². The van der Waals surface area contributed by atoms with Gasteiger partial charge in [0.25, 0.3) is 0 Å². The van der Waals surface area contributed by atoms with Crippen LogP contribution in [0.2, 0.25) is 0 Å². The maximum absolute atomic E-state index is 4.55. The molecule has 0 bridgehead atoms. The summed E-state index contributed by atoms with van der Waals surface area (Å²) in [6.07, 6.45) is 3.73. The fourth-order valence-electron chi connectivity index (χ4n) is 2.21. The molecule has 0 unspecified atom stereocenters. The summed E-state index contributed by atoms with van der Waals surface area (Å²) in [4.78, 5) is 11.5. The smallest absolute Gasteiger partial charge is 0.190 e. The zero-order valence-corrected chi connectivity index (χ0v) is 17.4. The van der Waals surface area contributed by atoms with Crippen molar-refractivity contribution in [1.29, 1.82) is 0 Å². The minimum Gasteiger partial charge on any atom is -0.356 e. The van der Waals surface area contributed by atoms with Crippen LogP contribution in [0.25, 0.3) is 10.6 Å². The van der Waals surface area contributed by atoms with E-state index in [0.29, 0.717) is 0 Å². The molecule has 2 N–H and O–H groups in total. The van der Waals surface area contributed by atoms with Gasteiger partial charge in [-0.3, -0.25) is 4.99 Å². The molecule has 7 heteroatoms. The van der Waals surface area contributed by atoms with Crippen molar-refractivity contribution in [2.75, 3.05) is 20.1 Å². The highest BCUT2D eigenvalue weighted by molar-refractivity contribution is 14.0. The van der Waals surface area contributed by atoms with Crippen LogP contribution in [0, 0.1) is 12.8 Å². The van der Waals surface area contributed by atoms with Crippen molar-refractivity contribution in [3.8, 4) is 10.6 Å². The Morgan fingerprint density at radius 1 is 1.35 bits per heavy atom. The zero-order chi connectivity index (χ0) is 15.4. The number of thiophene rings is 1. The largest absolute Gasteiger partial charge is 0.356 e. The third-order valence-corrected chi connectivity index (χ3v) is 5.62. The maximum atomic E-state index is 4.55. The van der Waals surface area contributed by atoms with Gasteiger partial charge in [-0.15, -0.1) is 46.7 Å². The van der Waals surface area contributed by atoms with E-state index in [-0.39, 0.29) is 24.0 Å². The molecule has 1 aliphatic rings. The van der Waals surface area contributed by atoms with Gasteiger partial charge in [-0.25, -0.2) is 4.98 Å². The summed E-state index contributed by atoms with van der Waals surface area (Å²) in [6.45, 7) is 4.00. The molecule has 0 aromatic carbocycles. The highest BCUT2D eigenvalue weighted by Gasteiger charge is 2.20. The van der Waals surface area contributed by atoms with Crippen molar-refractivity contribution in [1.82, 2.24) is 15.6 Å². The minimum atomic E-state index is 0. The Labute approximate surface area is 162 Å². The number of halogens is 1. The first-order valence-corrected chi connectivity index (χ1v) is 9.40. The zero-order valence-electron chi connectivity index (χ0n) is 13.5. The third kappa shape index (κ3) is 5.72. The average Bonchev–Trinajstić information content (AvgIpc) is 3.05. The Morgan fingerprint density at radius 2 is 2.17 bits per heavy atom. The van der Waals surface area contributed by atoms with Crippen LogP contribution in [0.4, 0.5) is 0 Å². The summed E-state index contributed by atoms with van der Waals surface area (Å²) < 4.78 is 0. The van der Waals surface area contributed by atoms with Crippen molar-refractivity contribution in [3.05, 3.63) is 27.4 Å². The molecule has 3 rings (SSSR count). The fraction of sp³-hybridized carbons (Fsp3) is 0.500. The maximum Gasteiger partial charge on any atom is 0.190 e. The Hall–Kier alpha value is -0.670. The van der Waals surface area contributed by atoms with Gasteiger partial charge in [-0.2, -0.15) is 0 Å². The van der Waals surface area contributed by atoms with Crippen LogP contribution < -0.4 is 10.6 Å². The fourth-order valence-corrected chi connectivity index (χ4v) is 3.87. The van der Waals surface area contributed by atoms with Crippen LogP contribution in [0.5, 0.6) is 0 Å². The topological polar surface area (TPSA) is 49.3 Å². The molecule has 0 aliphatic heterocycles. The van der Waals surface area contributed by atoms with E-state index in [2.05, 4.69) is 38.1 Å². The monoisotopic (exact) mass is 462 g/mol. The summed E-state index contributed by atoms with van der Waals surface area (Å²) in [7, 11) is 1.83. The normalized spacial score (nSPS) is 14.4. The van der Waals surface area contributed by atoms with Gasteiger partial charge in [0.1, 0.15) is 0 Å². The molecule has 126 valence electrons. The van der Waals surface area contributed by atoms with Crippen molar-refractivity contribution < 1.29 is 0 Å². The number of aliphatic imine (C=N–C) groups is 1. The van der Waals surface area contributed by atoms with Crippen molar-refractivity contribution >= 4 is 52.6 Å². The first kappa shape index (κ1) is 18.7. The van der Waals surface area contributed by atoms with Gasteiger partial charge < -0.3 is 10.6 Å². The van der Waals surface area contributed by atoms with E-state index in [4.69, 9.17) is 0 Å². The van der Waals surface area contributed by atoms with E-state index in [1.54, 1.807) is 11.3 Å². The van der Waals surface area contributed by atoms with Gasteiger partial charge >= 0.3 is 0 Å². The van der Waals surface area contributed by atoms with Crippen LogP contribution in [0.3, 0.4) is 0 Å². The number of nitrogens with one attached hydrogen (secondary N) is 2. The van der Waals surface area contributed by atoms with Crippen LogP contribution in [-0.4, -0.2) is 31.1 Å². The predicted molar refractivity (Wildman–Crippen MR) is 111 cm³/mol. The number of nitrogens with zero attached hydrogens (tertiary/aromatic N) is 2. The molecule has 0 saturated heterocycles. The van der Waals surface area contributed by atoms with E-state index >= 15 is 0 Å². The molecule has 1 fully saturated rings. The predicted octanol–water partition coefficient (Wildman–Crippen LogP) is 3.92. The van der Waals surface area contributed by atoms with E-state index in [1.165, 1.54) is 22.6 Å². The van der Waals surface area contributed by atoms with Gasteiger partial charge in [0.05, 0.1) is 15.6 Å². The Morgan fingerprint density at radius 3 is 2.83 bits per heavy atom. The molecule has 4 nitrogen and oxygen atoms in total. The molecule has 0 spiro atoms. The van der Waals surface area contributed by atoms with Gasteiger partial charge in [-0.05, 0) is 44.2 Å². The molecule has 2 heterocycles. The van der Waals surface area contributed by atoms with Gasteiger partial charge in [0.15, 0.2) is 5.96 Å². The SMILES string of the molecule is CN=C(NCCc1ccc(-c2csc(C)n2)s1)NCC1CC1.I. The van der Waals surface area contributed by atoms with Gasteiger partial charge in [0, 0.05) is 30.4 Å². The van der Waals surface area contributed by atoms with Crippen molar-refractivity contribution in [3.63, 3.8) is 0 Å². The minimum absolute atomic E-state index is 0. The van der Waals surface area contributed by atoms with E-state index in [0.717, 1.165) is 42.1 Å². The quantitative estimate of drug-likeness (QED) is 0.389. The lowest BCUT2D eigenvalue weighted by Crippen LogP contribution is -2.39. The molecule has 0 radical (unpaired) electrons. The summed E-state index contributed by atoms with van der Waals surface area (Å²) in [5.41, 5.74) is 1.11.